The van der Waals surface area contributed by atoms with Gasteiger partial charge in [-0.15, -0.1) is 0 Å². The standard InChI is InChI=1S/C27H25FN2O/c1-31-24-18-9-8-15-21(24)22-16-10-17-23(28)27(22)30-26(20-13-6-3-7-14-20)25(29)19-11-4-2-5-12-19/h2-18,25-26,30H,29H2,1H3/t25-,26-/m0/s1. The van der Waals surface area contributed by atoms with Gasteiger partial charge in [-0.25, -0.2) is 4.39 Å². The maximum Gasteiger partial charge on any atom is 0.146 e. The van der Waals surface area contributed by atoms with Gasteiger partial charge in [-0.2, -0.15) is 0 Å². The van der Waals surface area contributed by atoms with Crippen LogP contribution < -0.4 is 15.8 Å². The number of methoxy groups -OCH3 is 1. The number of hydrogen-bond acceptors (Lipinski definition) is 3. The number of halogens is 1. The molecule has 4 rings (SSSR count). The van der Waals surface area contributed by atoms with Gasteiger partial charge in [0.05, 0.1) is 24.9 Å². The fourth-order valence-electron chi connectivity index (χ4n) is 3.83. The van der Waals surface area contributed by atoms with Gasteiger partial charge in [0, 0.05) is 11.1 Å². The topological polar surface area (TPSA) is 47.3 Å². The number of benzene rings is 4. The molecule has 2 atom stereocenters. The second kappa shape index (κ2) is 9.45. The van der Waals surface area contributed by atoms with Gasteiger partial charge in [0.1, 0.15) is 11.6 Å². The van der Waals surface area contributed by atoms with E-state index in [9.17, 15) is 0 Å². The molecule has 0 radical (unpaired) electrons. The van der Waals surface area contributed by atoms with Gasteiger partial charge in [0.2, 0.25) is 0 Å². The highest BCUT2D eigenvalue weighted by Crippen LogP contribution is 2.39. The lowest BCUT2D eigenvalue weighted by molar-refractivity contribution is 0.416. The number of hydrogen-bond donors (Lipinski definition) is 2. The molecule has 0 saturated heterocycles. The summed E-state index contributed by atoms with van der Waals surface area (Å²) >= 11 is 0. The number of ether oxygens (including phenoxy) is 1. The van der Waals surface area contributed by atoms with Gasteiger partial charge in [0.25, 0.3) is 0 Å². The largest absolute Gasteiger partial charge is 0.496 e. The van der Waals surface area contributed by atoms with Gasteiger partial charge in [-0.05, 0) is 23.3 Å². The van der Waals surface area contributed by atoms with E-state index < -0.39 is 0 Å². The predicted octanol–water partition coefficient (Wildman–Crippen LogP) is 6.35. The monoisotopic (exact) mass is 412 g/mol. The Balaban J connectivity index is 1.81. The zero-order valence-corrected chi connectivity index (χ0v) is 17.3. The Kier molecular flexibility index (Phi) is 6.29. The lowest BCUT2D eigenvalue weighted by Gasteiger charge is -2.28. The minimum Gasteiger partial charge on any atom is -0.496 e. The number of nitrogens with one attached hydrogen (secondary N) is 1. The second-order valence-electron chi connectivity index (χ2n) is 7.33. The molecule has 4 aromatic carbocycles. The van der Waals surface area contributed by atoms with Crippen molar-refractivity contribution in [3.8, 4) is 16.9 Å². The highest BCUT2D eigenvalue weighted by Gasteiger charge is 2.24. The Hall–Kier alpha value is -3.63. The molecular formula is C27H25FN2O. The summed E-state index contributed by atoms with van der Waals surface area (Å²) in [6.45, 7) is 0. The fraction of sp³-hybridized carbons (Fsp3) is 0.111. The predicted molar refractivity (Wildman–Crippen MR) is 125 cm³/mol. The molecule has 0 spiro atoms. The van der Waals surface area contributed by atoms with Crippen molar-refractivity contribution in [3.05, 3.63) is 120 Å². The molecule has 4 aromatic rings. The van der Waals surface area contributed by atoms with E-state index in [0.717, 1.165) is 22.3 Å². The van der Waals surface area contributed by atoms with Gasteiger partial charge in [-0.1, -0.05) is 91.0 Å². The van der Waals surface area contributed by atoms with Crippen LogP contribution in [0.5, 0.6) is 5.75 Å². The average molecular weight is 413 g/mol. The number of para-hydroxylation sites is 2. The molecule has 0 bridgehead atoms. The molecule has 4 heteroatoms. The van der Waals surface area contributed by atoms with Crippen molar-refractivity contribution in [2.75, 3.05) is 12.4 Å². The first-order valence-electron chi connectivity index (χ1n) is 10.2. The Bertz CT molecular complexity index is 1130. The van der Waals surface area contributed by atoms with Crippen LogP contribution in [0.25, 0.3) is 11.1 Å². The maximum atomic E-state index is 15.2. The first-order valence-corrected chi connectivity index (χ1v) is 10.2. The zero-order chi connectivity index (χ0) is 21.6. The maximum absolute atomic E-state index is 15.2. The van der Waals surface area contributed by atoms with Crippen LogP contribution in [-0.4, -0.2) is 7.11 Å². The zero-order valence-electron chi connectivity index (χ0n) is 17.3. The number of rotatable bonds is 7. The fourth-order valence-corrected chi connectivity index (χ4v) is 3.83. The first-order chi connectivity index (χ1) is 15.2. The molecular weight excluding hydrogens is 387 g/mol. The summed E-state index contributed by atoms with van der Waals surface area (Å²) in [5, 5.41) is 3.42. The third-order valence-corrected chi connectivity index (χ3v) is 5.41. The van der Waals surface area contributed by atoms with Crippen molar-refractivity contribution in [2.45, 2.75) is 12.1 Å². The van der Waals surface area contributed by atoms with E-state index in [1.165, 1.54) is 6.07 Å². The molecule has 0 heterocycles. The van der Waals surface area contributed by atoms with Gasteiger partial charge < -0.3 is 15.8 Å². The molecule has 156 valence electrons. The molecule has 3 nitrogen and oxygen atoms in total. The third kappa shape index (κ3) is 4.44. The molecule has 0 unspecified atom stereocenters. The summed E-state index contributed by atoms with van der Waals surface area (Å²) in [5.41, 5.74) is 10.6. The summed E-state index contributed by atoms with van der Waals surface area (Å²) in [4.78, 5) is 0. The molecule has 0 aromatic heterocycles. The summed E-state index contributed by atoms with van der Waals surface area (Å²) in [6.07, 6.45) is 0. The van der Waals surface area contributed by atoms with Gasteiger partial charge in [-0.3, -0.25) is 0 Å². The number of anilines is 1. The van der Waals surface area contributed by atoms with E-state index >= 15 is 4.39 Å². The highest BCUT2D eigenvalue weighted by molar-refractivity contribution is 5.82. The van der Waals surface area contributed by atoms with Crippen molar-refractivity contribution in [3.63, 3.8) is 0 Å². The highest BCUT2D eigenvalue weighted by atomic mass is 19.1. The van der Waals surface area contributed by atoms with Gasteiger partial charge >= 0.3 is 0 Å². The van der Waals surface area contributed by atoms with E-state index in [-0.39, 0.29) is 17.9 Å². The number of nitrogens with two attached hydrogens (primary N) is 1. The first kappa shape index (κ1) is 20.6. The Morgan fingerprint density at radius 2 is 1.29 bits per heavy atom. The quantitative estimate of drug-likeness (QED) is 0.372. The van der Waals surface area contributed by atoms with Gasteiger partial charge in [0.15, 0.2) is 0 Å². The molecule has 0 fully saturated rings. The van der Waals surface area contributed by atoms with E-state index in [2.05, 4.69) is 5.32 Å². The third-order valence-electron chi connectivity index (χ3n) is 5.41. The smallest absolute Gasteiger partial charge is 0.146 e. The minimum atomic E-state index is -0.381. The van der Waals surface area contributed by atoms with Crippen LogP contribution >= 0.6 is 0 Å². The average Bonchev–Trinajstić information content (AvgIpc) is 2.84. The lowest BCUT2D eigenvalue weighted by atomic mass is 9.93. The summed E-state index contributed by atoms with van der Waals surface area (Å²) in [5.74, 6) is 0.337. The SMILES string of the molecule is COc1ccccc1-c1cccc(F)c1N[C@@H](c1ccccc1)[C@@H](N)c1ccccc1. The van der Waals surface area contributed by atoms with Crippen molar-refractivity contribution in [1.82, 2.24) is 0 Å². The Labute approximate surface area is 182 Å². The molecule has 0 amide bonds. The van der Waals surface area contributed by atoms with E-state index in [0.29, 0.717) is 11.4 Å². The van der Waals surface area contributed by atoms with Crippen LogP contribution in [0.2, 0.25) is 0 Å². The Morgan fingerprint density at radius 1 is 0.710 bits per heavy atom. The van der Waals surface area contributed by atoms with Crippen molar-refractivity contribution < 1.29 is 9.13 Å². The van der Waals surface area contributed by atoms with Crippen LogP contribution in [0.3, 0.4) is 0 Å². The molecule has 0 aliphatic carbocycles. The van der Waals surface area contributed by atoms with Crippen LogP contribution in [0.4, 0.5) is 10.1 Å². The second-order valence-corrected chi connectivity index (χ2v) is 7.33. The summed E-state index contributed by atoms with van der Waals surface area (Å²) in [7, 11) is 1.61. The molecule has 0 saturated carbocycles. The van der Waals surface area contributed by atoms with Crippen molar-refractivity contribution in [2.24, 2.45) is 5.73 Å². The molecule has 0 aliphatic rings. The van der Waals surface area contributed by atoms with E-state index in [1.54, 1.807) is 13.2 Å². The summed E-state index contributed by atoms with van der Waals surface area (Å²) < 4.78 is 20.7. The Morgan fingerprint density at radius 3 is 1.97 bits per heavy atom. The van der Waals surface area contributed by atoms with Crippen LogP contribution in [0.1, 0.15) is 23.2 Å². The normalized spacial score (nSPS) is 12.7. The lowest BCUT2D eigenvalue weighted by Crippen LogP contribution is -2.26. The molecule has 31 heavy (non-hydrogen) atoms. The minimum absolute atomic E-state index is 0.339. The molecule has 0 aliphatic heterocycles. The van der Waals surface area contributed by atoms with Crippen molar-refractivity contribution in [1.29, 1.82) is 0 Å². The van der Waals surface area contributed by atoms with Crippen molar-refractivity contribution >= 4 is 5.69 Å². The van der Waals surface area contributed by atoms with Crippen LogP contribution in [0.15, 0.2) is 103 Å². The van der Waals surface area contributed by atoms with E-state index in [1.807, 2.05) is 91.0 Å². The van der Waals surface area contributed by atoms with E-state index in [4.69, 9.17) is 10.5 Å². The molecule has 3 N–H and O–H groups in total. The van der Waals surface area contributed by atoms with Crippen LogP contribution in [-0.2, 0) is 0 Å². The summed E-state index contributed by atoms with van der Waals surface area (Å²) in [6, 6.07) is 31.7. The van der Waals surface area contributed by atoms with Crippen LogP contribution in [0, 0.1) is 5.82 Å².